The number of aliphatic hydroxyl groups excluding tert-OH is 3. The van der Waals surface area contributed by atoms with E-state index in [4.69, 9.17) is 23.6 Å². The highest BCUT2D eigenvalue weighted by atomic mass is 31.2. The third-order valence-corrected chi connectivity index (χ3v) is 12.0. The summed E-state index contributed by atoms with van der Waals surface area (Å²) < 4.78 is 32.7. The lowest BCUT2D eigenvalue weighted by Crippen LogP contribution is -2.29. The van der Waals surface area contributed by atoms with Crippen LogP contribution in [0.4, 0.5) is 0 Å². The van der Waals surface area contributed by atoms with Gasteiger partial charge < -0.3 is 29.7 Å². The average Bonchev–Trinajstić information content (AvgIpc) is 3.29. The van der Waals surface area contributed by atoms with Gasteiger partial charge in [0, 0.05) is 12.8 Å². The molecule has 0 rings (SSSR count). The lowest BCUT2D eigenvalue weighted by molar-refractivity contribution is -0.161. The van der Waals surface area contributed by atoms with E-state index in [2.05, 4.69) is 39.0 Å². The molecule has 0 saturated heterocycles. The summed E-state index contributed by atoms with van der Waals surface area (Å²) in [6, 6.07) is 0. The quantitative estimate of drug-likeness (QED) is 0.0151. The minimum atomic E-state index is -4.66. The molecule has 0 aromatic rings. The Morgan fingerprint density at radius 1 is 0.585 bits per heavy atom. The molecule has 11 nitrogen and oxygen atoms in total. The monoisotopic (exact) mass is 937 g/mol. The largest absolute Gasteiger partial charge is 0.472 e. The van der Waals surface area contributed by atoms with Gasteiger partial charge in [0.25, 0.3) is 0 Å². The molecule has 0 aromatic carbocycles. The topological polar surface area (TPSA) is 169 Å². The van der Waals surface area contributed by atoms with Crippen LogP contribution < -0.4 is 0 Å². The summed E-state index contributed by atoms with van der Waals surface area (Å²) in [5.74, 6) is -0.153. The third kappa shape index (κ3) is 46.3. The molecule has 0 saturated carbocycles. The molecule has 3 unspecified atom stereocenters. The molecule has 0 amide bonds. The fourth-order valence-corrected chi connectivity index (χ4v) is 7.52. The predicted molar refractivity (Wildman–Crippen MR) is 266 cm³/mol. The summed E-state index contributed by atoms with van der Waals surface area (Å²) in [5, 5.41) is 28.2. The van der Waals surface area contributed by atoms with Crippen LogP contribution in [0.5, 0.6) is 0 Å². The van der Waals surface area contributed by atoms with Gasteiger partial charge in [0.2, 0.25) is 0 Å². The van der Waals surface area contributed by atoms with Gasteiger partial charge in [0.1, 0.15) is 12.7 Å². The molecule has 0 aliphatic heterocycles. The van der Waals surface area contributed by atoms with Crippen molar-refractivity contribution in [1.82, 2.24) is 0 Å². The summed E-state index contributed by atoms with van der Waals surface area (Å²) in [6.45, 7) is 4.48. The predicted octanol–water partition coefficient (Wildman–Crippen LogP) is 13.2. The first-order valence-electron chi connectivity index (χ1n) is 25.4. The molecular weight excluding hydrogens is 844 g/mol. The number of aliphatic hydroxyl groups is 3. The number of hydrogen-bond acceptors (Lipinski definition) is 10. The van der Waals surface area contributed by atoms with Crippen molar-refractivity contribution in [2.45, 2.75) is 219 Å². The fraction of sp³-hybridized carbons (Fsp3) is 0.736. The number of carbonyl (C=O) groups is 2. The molecule has 0 fully saturated rings. The van der Waals surface area contributed by atoms with Crippen molar-refractivity contribution < 1.29 is 52.9 Å². The number of unbranched alkanes of at least 4 members (excludes halogenated alkanes) is 17. The fourth-order valence-electron chi connectivity index (χ4n) is 6.73. The number of phosphoric ester groups is 1. The molecule has 0 radical (unpaired) electrons. The standard InChI is InChI=1S/C53H93O11P/c1-4-6-34-40-49(55)41-36-31-27-23-19-15-13-17-21-25-29-33-38-43-53(58)64-51(47-63-65(59,60)62-45-50(56)44-54)46-61-52(57)42-37-32-28-24-20-16-12-10-8-7-9-11-14-18-22-26-30-35-39-48(3)5-2/h6,15,17,19,21,27,29,31,33-34,36,41,48-51,54-56H,4-5,7-14,16,18,20,22-26,28,30,32,35,37-40,42-47H2,1-3H3,(H,59,60)/b19-15-,21-17-,31-27+,33-29-,34-6-,41-36+/t48?,49?,50-,51+/m0/s1. The first-order valence-corrected chi connectivity index (χ1v) is 26.9. The van der Waals surface area contributed by atoms with E-state index < -0.39 is 57.9 Å². The molecule has 0 bridgehead atoms. The number of allylic oxidation sites excluding steroid dienone is 10. The number of phosphoric acid groups is 1. The first-order chi connectivity index (χ1) is 31.5. The van der Waals surface area contributed by atoms with Crippen molar-refractivity contribution in [2.75, 3.05) is 26.4 Å². The van der Waals surface area contributed by atoms with Crippen LogP contribution >= 0.6 is 7.82 Å². The second-order valence-electron chi connectivity index (χ2n) is 17.3. The summed E-state index contributed by atoms with van der Waals surface area (Å²) in [7, 11) is -4.66. The number of esters is 2. The molecule has 0 heterocycles. The summed E-state index contributed by atoms with van der Waals surface area (Å²) in [5.41, 5.74) is 0. The SMILES string of the molecule is CC/C=C\CC(O)/C=C/C=C/C/C=C\C/C=C\C/C=C\CCC(=O)O[C@H](COC(=O)CCCCCCCCCCCCCCCCCCCCC(C)CC)COP(=O)(O)OC[C@@H](O)CO. The Morgan fingerprint density at radius 3 is 1.63 bits per heavy atom. The smallest absolute Gasteiger partial charge is 0.462 e. The molecule has 0 aromatic heterocycles. The van der Waals surface area contributed by atoms with Crippen LogP contribution in [0.3, 0.4) is 0 Å². The zero-order valence-electron chi connectivity index (χ0n) is 41.0. The molecule has 5 atom stereocenters. The van der Waals surface area contributed by atoms with Crippen molar-refractivity contribution in [2.24, 2.45) is 5.92 Å². The maximum atomic E-state index is 12.6. The minimum Gasteiger partial charge on any atom is -0.462 e. The van der Waals surface area contributed by atoms with Crippen LogP contribution in [-0.2, 0) is 32.7 Å². The van der Waals surface area contributed by atoms with Gasteiger partial charge in [-0.3, -0.25) is 18.6 Å². The van der Waals surface area contributed by atoms with Gasteiger partial charge in [0.05, 0.1) is 25.9 Å². The second kappa shape index (κ2) is 46.5. The Balaban J connectivity index is 4.31. The maximum absolute atomic E-state index is 12.6. The van der Waals surface area contributed by atoms with Crippen molar-refractivity contribution in [1.29, 1.82) is 0 Å². The van der Waals surface area contributed by atoms with E-state index in [1.165, 1.54) is 103 Å². The van der Waals surface area contributed by atoms with Gasteiger partial charge in [-0.1, -0.05) is 216 Å². The lowest BCUT2D eigenvalue weighted by Gasteiger charge is -2.20. The number of ether oxygens (including phenoxy) is 2. The van der Waals surface area contributed by atoms with Gasteiger partial charge >= 0.3 is 19.8 Å². The van der Waals surface area contributed by atoms with Gasteiger partial charge in [-0.15, -0.1) is 0 Å². The van der Waals surface area contributed by atoms with E-state index in [0.717, 1.165) is 44.4 Å². The van der Waals surface area contributed by atoms with Gasteiger partial charge in [-0.05, 0) is 50.9 Å². The third-order valence-electron chi connectivity index (χ3n) is 11.0. The van der Waals surface area contributed by atoms with Crippen molar-refractivity contribution in [3.63, 3.8) is 0 Å². The van der Waals surface area contributed by atoms with Gasteiger partial charge in [-0.2, -0.15) is 0 Å². The van der Waals surface area contributed by atoms with Crippen LogP contribution in [-0.4, -0.2) is 76.9 Å². The molecular formula is C53H93O11P. The van der Waals surface area contributed by atoms with Crippen LogP contribution in [0, 0.1) is 5.92 Å². The zero-order valence-corrected chi connectivity index (χ0v) is 41.9. The highest BCUT2D eigenvalue weighted by molar-refractivity contribution is 7.47. The first kappa shape index (κ1) is 62.4. The Bertz CT molecular complexity index is 1340. The van der Waals surface area contributed by atoms with Crippen molar-refractivity contribution in [3.8, 4) is 0 Å². The van der Waals surface area contributed by atoms with Crippen LogP contribution in [0.25, 0.3) is 0 Å². The molecule has 0 aliphatic carbocycles. The summed E-state index contributed by atoms with van der Waals surface area (Å²) >= 11 is 0. The highest BCUT2D eigenvalue weighted by Crippen LogP contribution is 2.43. The minimum absolute atomic E-state index is 0.0417. The summed E-state index contributed by atoms with van der Waals surface area (Å²) in [4.78, 5) is 35.1. The summed E-state index contributed by atoms with van der Waals surface area (Å²) in [6.07, 6.45) is 50.7. The van der Waals surface area contributed by atoms with E-state index in [1.54, 1.807) is 6.08 Å². The zero-order chi connectivity index (χ0) is 47.9. The highest BCUT2D eigenvalue weighted by Gasteiger charge is 2.27. The van der Waals surface area contributed by atoms with Crippen molar-refractivity contribution >= 4 is 19.8 Å². The van der Waals surface area contributed by atoms with Crippen LogP contribution in [0.1, 0.15) is 201 Å². The Labute approximate surface area is 395 Å². The van der Waals surface area contributed by atoms with E-state index in [-0.39, 0.29) is 19.4 Å². The molecule has 12 heteroatoms. The molecule has 4 N–H and O–H groups in total. The number of carbonyl (C=O) groups excluding carboxylic acids is 2. The normalized spacial score (nSPS) is 15.2. The van der Waals surface area contributed by atoms with Crippen molar-refractivity contribution in [3.05, 3.63) is 72.9 Å². The Hall–Kier alpha value is -2.63. The maximum Gasteiger partial charge on any atom is 0.472 e. The van der Waals surface area contributed by atoms with Gasteiger partial charge in [0.15, 0.2) is 6.10 Å². The van der Waals surface area contributed by atoms with Gasteiger partial charge in [-0.25, -0.2) is 4.57 Å². The van der Waals surface area contributed by atoms with E-state index in [1.807, 2.05) is 48.6 Å². The number of hydrogen-bond donors (Lipinski definition) is 4. The molecule has 0 spiro atoms. The van der Waals surface area contributed by atoms with Crippen LogP contribution in [0.2, 0.25) is 0 Å². The van der Waals surface area contributed by atoms with E-state index in [0.29, 0.717) is 25.7 Å². The van der Waals surface area contributed by atoms with E-state index >= 15 is 0 Å². The Morgan fingerprint density at radius 2 is 1.09 bits per heavy atom. The van der Waals surface area contributed by atoms with E-state index in [9.17, 15) is 29.3 Å². The average molecular weight is 937 g/mol. The Kier molecular flexibility index (Phi) is 44.6. The molecule has 376 valence electrons. The number of rotatable bonds is 46. The second-order valence-corrected chi connectivity index (χ2v) is 18.7. The van der Waals surface area contributed by atoms with Crippen LogP contribution in [0.15, 0.2) is 72.9 Å². The molecule has 0 aliphatic rings. The lowest BCUT2D eigenvalue weighted by atomic mass is 9.99. The molecule has 65 heavy (non-hydrogen) atoms.